The van der Waals surface area contributed by atoms with E-state index >= 15 is 0 Å². The van der Waals surface area contributed by atoms with Gasteiger partial charge in [0.25, 0.3) is 30.4 Å². The summed E-state index contributed by atoms with van der Waals surface area (Å²) in [5.41, 5.74) is 0.0301. The number of aromatic hydroxyl groups is 3. The fraction of sp³-hybridized carbons (Fsp3) is 0.143. The topological polar surface area (TPSA) is 267 Å². The lowest BCUT2D eigenvalue weighted by atomic mass is 9.89. The zero-order chi connectivity index (χ0) is 44.1. The van der Waals surface area contributed by atoms with Gasteiger partial charge in [0.05, 0.1) is 14.7 Å². The minimum atomic E-state index is -5.02. The highest BCUT2D eigenvalue weighted by Crippen LogP contribution is 2.41. The molecule has 0 saturated carbocycles. The lowest BCUT2D eigenvalue weighted by Gasteiger charge is -2.21. The molecule has 0 spiro atoms. The Bertz CT molecular complexity index is 3030. The summed E-state index contributed by atoms with van der Waals surface area (Å²) in [6.07, 6.45) is -1.46. The highest BCUT2D eigenvalue weighted by atomic mass is 32.2. The third-order valence-corrected chi connectivity index (χ3v) is 13.9. The van der Waals surface area contributed by atoms with E-state index in [4.69, 9.17) is 4.18 Å². The molecular formula is C42H36O15S4. The van der Waals surface area contributed by atoms with Crippen LogP contribution < -0.4 is 4.18 Å². The number of benzene rings is 6. The number of phenols is 3. The van der Waals surface area contributed by atoms with Gasteiger partial charge in [-0.1, -0.05) is 60.7 Å². The maximum Gasteiger partial charge on any atom is 0.339 e. The number of hydrogen-bond donors (Lipinski definition) is 6. The first kappa shape index (κ1) is 43.3. The van der Waals surface area contributed by atoms with E-state index < -0.39 is 98.1 Å². The van der Waals surface area contributed by atoms with Crippen molar-refractivity contribution in [2.45, 2.75) is 58.1 Å². The molecule has 0 amide bonds. The summed E-state index contributed by atoms with van der Waals surface area (Å²) in [5, 5.41) is 35.1. The van der Waals surface area contributed by atoms with Crippen molar-refractivity contribution < 1.29 is 66.8 Å². The lowest BCUT2D eigenvalue weighted by molar-refractivity contribution is 0.452. The van der Waals surface area contributed by atoms with Gasteiger partial charge in [0.1, 0.15) is 27.9 Å². The predicted octanol–water partition coefficient (Wildman–Crippen LogP) is 5.77. The van der Waals surface area contributed by atoms with Crippen molar-refractivity contribution in [3.63, 3.8) is 0 Å². The fourth-order valence-corrected chi connectivity index (χ4v) is 10.0. The highest BCUT2D eigenvalue weighted by molar-refractivity contribution is 7.87. The summed E-state index contributed by atoms with van der Waals surface area (Å²) in [7, 11) is -19.7. The molecule has 6 aromatic rings. The van der Waals surface area contributed by atoms with E-state index in [-0.39, 0.29) is 55.2 Å². The van der Waals surface area contributed by atoms with Gasteiger partial charge < -0.3 is 19.5 Å². The molecule has 19 heteroatoms. The molecule has 0 saturated heterocycles. The third-order valence-electron chi connectivity index (χ3n) is 10.2. The Balaban J connectivity index is 1.57. The van der Waals surface area contributed by atoms with Gasteiger partial charge in [-0.25, -0.2) is 0 Å². The molecule has 1 aliphatic rings. The number of fused-ring (bicyclic) bond motifs is 8. The summed E-state index contributed by atoms with van der Waals surface area (Å²) in [5.74, 6) is -2.18. The monoisotopic (exact) mass is 908 g/mol. The minimum Gasteiger partial charge on any atom is -0.507 e. The molecule has 0 fully saturated rings. The first-order valence-electron chi connectivity index (χ1n) is 18.2. The van der Waals surface area contributed by atoms with Crippen LogP contribution in [0.15, 0.2) is 129 Å². The second-order valence-corrected chi connectivity index (χ2v) is 20.3. The van der Waals surface area contributed by atoms with Crippen molar-refractivity contribution >= 4 is 40.5 Å². The van der Waals surface area contributed by atoms with Crippen LogP contribution in [0.1, 0.15) is 55.6 Å². The SMILES string of the molecule is O=S(=O)(O)c1cc2c(O)c(c1)Cc1cc(S(=O)(=O)O)cc(c1O)Cc1cc(CCc3ccccc3)cc(c1OS(=O)(=O)c1ccccc1)Cc1cc(S(=O)(=O)O)cc(c1O)C2. The third kappa shape index (κ3) is 9.57. The molecule has 0 unspecified atom stereocenters. The van der Waals surface area contributed by atoms with Crippen LogP contribution >= 0.6 is 0 Å². The Kier molecular flexibility index (Phi) is 11.5. The van der Waals surface area contributed by atoms with Crippen LogP contribution in [-0.2, 0) is 79.0 Å². The van der Waals surface area contributed by atoms with Crippen LogP contribution in [0.3, 0.4) is 0 Å². The van der Waals surface area contributed by atoms with E-state index in [1.807, 2.05) is 30.3 Å². The van der Waals surface area contributed by atoms with Crippen LogP contribution in [0.4, 0.5) is 0 Å². The van der Waals surface area contributed by atoms with Crippen LogP contribution in [0.5, 0.6) is 23.0 Å². The number of hydrogen-bond acceptors (Lipinski definition) is 12. The van der Waals surface area contributed by atoms with E-state index in [2.05, 4.69) is 0 Å². The van der Waals surface area contributed by atoms with Gasteiger partial charge in [-0.15, -0.1) is 0 Å². The molecule has 0 aliphatic heterocycles. The smallest absolute Gasteiger partial charge is 0.339 e. The second kappa shape index (κ2) is 16.2. The molecule has 61 heavy (non-hydrogen) atoms. The average Bonchev–Trinajstić information content (AvgIpc) is 3.18. The molecule has 0 radical (unpaired) electrons. The van der Waals surface area contributed by atoms with Gasteiger partial charge in [0.15, 0.2) is 0 Å². The molecule has 318 valence electrons. The van der Waals surface area contributed by atoms with Gasteiger partial charge in [0, 0.05) is 70.2 Å². The Morgan fingerprint density at radius 3 is 1.05 bits per heavy atom. The largest absolute Gasteiger partial charge is 0.507 e. The normalized spacial score (nSPS) is 13.4. The van der Waals surface area contributed by atoms with Crippen LogP contribution in [0.25, 0.3) is 0 Å². The molecule has 0 atom stereocenters. The molecule has 0 heterocycles. The Labute approximate surface area is 351 Å². The quantitative estimate of drug-likeness (QED) is 0.0741. The maximum absolute atomic E-state index is 14.0. The lowest BCUT2D eigenvalue weighted by Crippen LogP contribution is -2.14. The Hall–Kier alpha value is -5.80. The van der Waals surface area contributed by atoms with Crippen molar-refractivity contribution in [2.24, 2.45) is 0 Å². The van der Waals surface area contributed by atoms with Gasteiger partial charge in [-0.3, -0.25) is 13.7 Å². The molecule has 15 nitrogen and oxygen atoms in total. The molecular weight excluding hydrogens is 873 g/mol. The van der Waals surface area contributed by atoms with Crippen molar-refractivity contribution in [1.82, 2.24) is 0 Å². The van der Waals surface area contributed by atoms with E-state index in [0.717, 1.165) is 42.0 Å². The van der Waals surface area contributed by atoms with Crippen LogP contribution in [0, 0.1) is 0 Å². The number of aryl methyl sites for hydroxylation is 2. The number of phenolic OH excluding ortho intramolecular Hbond substituents is 3. The summed E-state index contributed by atoms with van der Waals surface area (Å²) >= 11 is 0. The molecule has 6 N–H and O–H groups in total. The number of rotatable bonds is 9. The summed E-state index contributed by atoms with van der Waals surface area (Å²) in [6, 6.07) is 24.8. The fourth-order valence-electron chi connectivity index (χ4n) is 7.28. The van der Waals surface area contributed by atoms with E-state index in [1.165, 1.54) is 24.3 Å². The van der Waals surface area contributed by atoms with E-state index in [9.17, 15) is 62.6 Å². The highest BCUT2D eigenvalue weighted by Gasteiger charge is 2.28. The maximum atomic E-state index is 14.0. The van der Waals surface area contributed by atoms with Gasteiger partial charge in [-0.2, -0.15) is 33.7 Å². The standard InChI is InChI=1S/C42H36O15S4/c43-39-27-15-29-21-37(59(49,50)51)23-31(40(29)44)17-33-13-26(12-11-25-7-3-1-4-8-25)14-34(42(33)57-61(55,56)35-9-5-2-6-10-35)18-32-24-38(60(52,53)54)22-30(41(32)45)16-28(39)20-36(19-27)58(46,47)48/h1-10,13-14,19-24,43-45H,11-12,15-18H2,(H,46,47,48)(H,49,50,51)(H,52,53,54). The van der Waals surface area contributed by atoms with Crippen LogP contribution in [-0.4, -0.2) is 62.6 Å². The molecule has 7 rings (SSSR count). The first-order valence-corrected chi connectivity index (χ1v) is 23.9. The van der Waals surface area contributed by atoms with E-state index in [1.54, 1.807) is 18.2 Å². The average molecular weight is 909 g/mol. The predicted molar refractivity (Wildman–Crippen MR) is 220 cm³/mol. The minimum absolute atomic E-state index is 0.0463. The summed E-state index contributed by atoms with van der Waals surface area (Å²) < 4.78 is 140. The van der Waals surface area contributed by atoms with Crippen LogP contribution in [0.2, 0.25) is 0 Å². The molecule has 6 aromatic carbocycles. The Morgan fingerprint density at radius 1 is 0.393 bits per heavy atom. The van der Waals surface area contributed by atoms with Crippen molar-refractivity contribution in [3.05, 3.63) is 165 Å². The zero-order valence-corrected chi connectivity index (χ0v) is 34.9. The Morgan fingerprint density at radius 2 is 0.705 bits per heavy atom. The van der Waals surface area contributed by atoms with Gasteiger partial charge >= 0.3 is 10.1 Å². The summed E-state index contributed by atoms with van der Waals surface area (Å²) in [4.78, 5) is -2.48. The molecule has 0 aromatic heterocycles. The second-order valence-electron chi connectivity index (χ2n) is 14.5. The zero-order valence-electron chi connectivity index (χ0n) is 31.6. The first-order chi connectivity index (χ1) is 28.6. The summed E-state index contributed by atoms with van der Waals surface area (Å²) in [6.45, 7) is 0. The molecule has 8 bridgehead atoms. The van der Waals surface area contributed by atoms with Crippen molar-refractivity contribution in [3.8, 4) is 23.0 Å². The van der Waals surface area contributed by atoms with Crippen molar-refractivity contribution in [2.75, 3.05) is 0 Å². The van der Waals surface area contributed by atoms with Gasteiger partial charge in [0.2, 0.25) is 0 Å². The van der Waals surface area contributed by atoms with Gasteiger partial charge in [-0.05, 0) is 72.5 Å². The van der Waals surface area contributed by atoms with E-state index in [0.29, 0.717) is 18.4 Å². The molecule has 1 aliphatic carbocycles. The van der Waals surface area contributed by atoms with Crippen molar-refractivity contribution in [1.29, 1.82) is 0 Å².